The standard InChI is InChI=1S/C17H18F3N3O/c1-12-5-6-21-16(22-12)15-11-23(7-8-24-15)10-13-3-2-4-14(9-13)17(18,19)20/h2-6,9,15H,7-8,10-11H2,1H3/t15-/m1/s1. The van der Waals surface area contributed by atoms with Crippen molar-refractivity contribution in [3.63, 3.8) is 0 Å². The van der Waals surface area contributed by atoms with Gasteiger partial charge in [0.2, 0.25) is 0 Å². The third-order valence-corrected chi connectivity index (χ3v) is 3.91. The van der Waals surface area contributed by atoms with Crippen molar-refractivity contribution in [2.24, 2.45) is 0 Å². The lowest BCUT2D eigenvalue weighted by Gasteiger charge is -2.32. The van der Waals surface area contributed by atoms with Crippen LogP contribution in [0.4, 0.5) is 13.2 Å². The number of aromatic nitrogens is 2. The molecule has 4 nitrogen and oxygen atoms in total. The average Bonchev–Trinajstić information content (AvgIpc) is 2.55. The largest absolute Gasteiger partial charge is 0.416 e. The fourth-order valence-electron chi connectivity index (χ4n) is 2.73. The number of alkyl halides is 3. The van der Waals surface area contributed by atoms with Crippen LogP contribution in [0.1, 0.15) is 28.7 Å². The van der Waals surface area contributed by atoms with E-state index in [0.717, 1.165) is 11.8 Å². The van der Waals surface area contributed by atoms with Crippen LogP contribution < -0.4 is 0 Å². The van der Waals surface area contributed by atoms with Gasteiger partial charge in [0.15, 0.2) is 5.82 Å². The molecule has 0 bridgehead atoms. The van der Waals surface area contributed by atoms with Gasteiger partial charge in [-0.3, -0.25) is 4.90 Å². The summed E-state index contributed by atoms with van der Waals surface area (Å²) in [6.45, 7) is 4.04. The first-order valence-corrected chi connectivity index (χ1v) is 7.71. The van der Waals surface area contributed by atoms with Crippen LogP contribution >= 0.6 is 0 Å². The summed E-state index contributed by atoms with van der Waals surface area (Å²) in [6.07, 6.45) is -2.89. The summed E-state index contributed by atoms with van der Waals surface area (Å²) in [4.78, 5) is 10.7. The Bertz CT molecular complexity index is 705. The van der Waals surface area contributed by atoms with E-state index < -0.39 is 11.7 Å². The molecule has 1 fully saturated rings. The molecule has 0 amide bonds. The second-order valence-electron chi connectivity index (χ2n) is 5.85. The van der Waals surface area contributed by atoms with Gasteiger partial charge in [-0.1, -0.05) is 18.2 Å². The third kappa shape index (κ3) is 4.10. The number of hydrogen-bond acceptors (Lipinski definition) is 4. The molecule has 1 atom stereocenters. The number of hydrogen-bond donors (Lipinski definition) is 0. The molecule has 1 saturated heterocycles. The van der Waals surface area contributed by atoms with Gasteiger partial charge in [-0.05, 0) is 24.6 Å². The minimum atomic E-state index is -4.32. The second kappa shape index (κ2) is 6.86. The van der Waals surface area contributed by atoms with Crippen LogP contribution in [0, 0.1) is 6.92 Å². The van der Waals surface area contributed by atoms with Crippen molar-refractivity contribution in [3.05, 3.63) is 59.2 Å². The quantitative estimate of drug-likeness (QED) is 0.861. The molecule has 1 aliphatic rings. The van der Waals surface area contributed by atoms with Gasteiger partial charge < -0.3 is 4.74 Å². The van der Waals surface area contributed by atoms with Gasteiger partial charge in [-0.2, -0.15) is 13.2 Å². The molecule has 0 aliphatic carbocycles. The summed E-state index contributed by atoms with van der Waals surface area (Å²) >= 11 is 0. The van der Waals surface area contributed by atoms with Crippen molar-refractivity contribution >= 4 is 0 Å². The highest BCUT2D eigenvalue weighted by Gasteiger charge is 2.31. The molecule has 1 aliphatic heterocycles. The number of morpholine rings is 1. The van der Waals surface area contributed by atoms with E-state index in [0.29, 0.717) is 37.6 Å². The summed E-state index contributed by atoms with van der Waals surface area (Å²) < 4.78 is 44.2. The maximum absolute atomic E-state index is 12.8. The second-order valence-corrected chi connectivity index (χ2v) is 5.85. The van der Waals surface area contributed by atoms with E-state index in [9.17, 15) is 13.2 Å². The van der Waals surface area contributed by atoms with E-state index in [1.807, 2.05) is 13.0 Å². The number of rotatable bonds is 3. The Morgan fingerprint density at radius 3 is 2.88 bits per heavy atom. The molecule has 7 heteroatoms. The van der Waals surface area contributed by atoms with Crippen LogP contribution in [0.25, 0.3) is 0 Å². The molecule has 0 saturated carbocycles. The molecule has 128 valence electrons. The molecule has 2 heterocycles. The highest BCUT2D eigenvalue weighted by molar-refractivity contribution is 5.25. The van der Waals surface area contributed by atoms with E-state index in [1.165, 1.54) is 12.1 Å². The van der Waals surface area contributed by atoms with Crippen molar-refractivity contribution < 1.29 is 17.9 Å². The van der Waals surface area contributed by atoms with Gasteiger partial charge in [-0.25, -0.2) is 9.97 Å². The van der Waals surface area contributed by atoms with Crippen LogP contribution in [-0.4, -0.2) is 34.6 Å². The van der Waals surface area contributed by atoms with E-state index >= 15 is 0 Å². The van der Waals surface area contributed by atoms with Crippen molar-refractivity contribution in [2.45, 2.75) is 25.7 Å². The van der Waals surface area contributed by atoms with E-state index in [4.69, 9.17) is 4.74 Å². The SMILES string of the molecule is Cc1ccnc([C@H]2CN(Cc3cccc(C(F)(F)F)c3)CCO2)n1. The zero-order chi connectivity index (χ0) is 17.2. The summed E-state index contributed by atoms with van der Waals surface area (Å²) in [7, 11) is 0. The van der Waals surface area contributed by atoms with E-state index in [1.54, 1.807) is 12.3 Å². The van der Waals surface area contributed by atoms with Gasteiger partial charge in [0.05, 0.1) is 12.2 Å². The summed E-state index contributed by atoms with van der Waals surface area (Å²) in [6, 6.07) is 7.26. The van der Waals surface area contributed by atoms with Crippen molar-refractivity contribution in [2.75, 3.05) is 19.7 Å². The van der Waals surface area contributed by atoms with Crippen molar-refractivity contribution in [1.29, 1.82) is 0 Å². The Balaban J connectivity index is 1.70. The lowest BCUT2D eigenvalue weighted by atomic mass is 10.1. The zero-order valence-electron chi connectivity index (χ0n) is 13.3. The predicted octanol–water partition coefficient (Wildman–Crippen LogP) is 3.38. The fraction of sp³-hybridized carbons (Fsp3) is 0.412. The number of halogens is 3. The van der Waals surface area contributed by atoms with Crippen LogP contribution in [0.2, 0.25) is 0 Å². The minimum Gasteiger partial charge on any atom is -0.368 e. The Hall–Kier alpha value is -1.99. The topological polar surface area (TPSA) is 38.2 Å². The zero-order valence-corrected chi connectivity index (χ0v) is 13.3. The molecule has 3 rings (SSSR count). The van der Waals surface area contributed by atoms with Gasteiger partial charge in [0.1, 0.15) is 6.10 Å². The monoisotopic (exact) mass is 337 g/mol. The smallest absolute Gasteiger partial charge is 0.368 e. The predicted molar refractivity (Wildman–Crippen MR) is 82.2 cm³/mol. The average molecular weight is 337 g/mol. The lowest BCUT2D eigenvalue weighted by molar-refractivity contribution is -0.137. The first-order valence-electron chi connectivity index (χ1n) is 7.71. The Morgan fingerprint density at radius 1 is 1.29 bits per heavy atom. The first-order chi connectivity index (χ1) is 11.4. The normalized spacial score (nSPS) is 19.4. The van der Waals surface area contributed by atoms with Gasteiger partial charge >= 0.3 is 6.18 Å². The summed E-state index contributed by atoms with van der Waals surface area (Å²) in [5.74, 6) is 0.615. The first kappa shape index (κ1) is 16.9. The third-order valence-electron chi connectivity index (χ3n) is 3.91. The molecule has 1 aromatic carbocycles. The van der Waals surface area contributed by atoms with Gasteiger partial charge in [0, 0.05) is 31.5 Å². The number of benzene rings is 1. The minimum absolute atomic E-state index is 0.260. The molecule has 0 unspecified atom stereocenters. The van der Waals surface area contributed by atoms with Gasteiger partial charge in [0.25, 0.3) is 0 Å². The Kier molecular flexibility index (Phi) is 4.82. The molecule has 2 aromatic rings. The highest BCUT2D eigenvalue weighted by Crippen LogP contribution is 2.30. The molecule has 0 spiro atoms. The highest BCUT2D eigenvalue weighted by atomic mass is 19.4. The van der Waals surface area contributed by atoms with Crippen molar-refractivity contribution in [1.82, 2.24) is 14.9 Å². The maximum Gasteiger partial charge on any atom is 0.416 e. The molecule has 0 N–H and O–H groups in total. The number of aryl methyl sites for hydroxylation is 1. The van der Waals surface area contributed by atoms with E-state index in [2.05, 4.69) is 14.9 Å². The van der Waals surface area contributed by atoms with Crippen LogP contribution in [0.5, 0.6) is 0 Å². The van der Waals surface area contributed by atoms with Crippen LogP contribution in [-0.2, 0) is 17.5 Å². The summed E-state index contributed by atoms with van der Waals surface area (Å²) in [5, 5.41) is 0. The molecule has 24 heavy (non-hydrogen) atoms. The number of nitrogens with zero attached hydrogens (tertiary/aromatic N) is 3. The molecular formula is C17H18F3N3O. The van der Waals surface area contributed by atoms with E-state index in [-0.39, 0.29) is 6.10 Å². The summed E-state index contributed by atoms with van der Waals surface area (Å²) in [5.41, 5.74) is 0.876. The Morgan fingerprint density at radius 2 is 2.12 bits per heavy atom. The lowest BCUT2D eigenvalue weighted by Crippen LogP contribution is -2.38. The molecular weight excluding hydrogens is 319 g/mol. The molecule has 1 aromatic heterocycles. The Labute approximate surface area is 138 Å². The van der Waals surface area contributed by atoms with Crippen molar-refractivity contribution in [3.8, 4) is 0 Å². The number of ether oxygens (including phenoxy) is 1. The fourth-order valence-corrected chi connectivity index (χ4v) is 2.73. The van der Waals surface area contributed by atoms with Crippen LogP contribution in [0.3, 0.4) is 0 Å². The molecule has 0 radical (unpaired) electrons. The maximum atomic E-state index is 12.8. The van der Waals surface area contributed by atoms with Gasteiger partial charge in [-0.15, -0.1) is 0 Å². The van der Waals surface area contributed by atoms with Crippen LogP contribution in [0.15, 0.2) is 36.5 Å².